The molecular formula is C20H14Cl2N2O. The van der Waals surface area contributed by atoms with Crippen LogP contribution in [0.2, 0.25) is 10.0 Å². The summed E-state index contributed by atoms with van der Waals surface area (Å²) in [4.78, 5) is 4.95. The highest BCUT2D eigenvalue weighted by molar-refractivity contribution is 6.35. The maximum Gasteiger partial charge on any atom is 0.0939 e. The number of aliphatic imine (C=N–C) groups is 1. The van der Waals surface area contributed by atoms with E-state index in [1.807, 2.05) is 30.7 Å². The molecule has 2 aliphatic heterocycles. The van der Waals surface area contributed by atoms with E-state index in [1.165, 1.54) is 16.7 Å². The van der Waals surface area contributed by atoms with Crippen molar-refractivity contribution in [3.05, 3.63) is 87.1 Å². The lowest BCUT2D eigenvalue weighted by Gasteiger charge is -2.13. The van der Waals surface area contributed by atoms with Gasteiger partial charge in [0.1, 0.15) is 0 Å². The number of rotatable bonds is 1. The molecule has 3 heterocycles. The zero-order valence-corrected chi connectivity index (χ0v) is 14.8. The van der Waals surface area contributed by atoms with Gasteiger partial charge in [0.15, 0.2) is 0 Å². The summed E-state index contributed by atoms with van der Waals surface area (Å²) in [5, 5.41) is 1.29. The molecular weight excluding hydrogens is 355 g/mol. The predicted molar refractivity (Wildman–Crippen MR) is 101 cm³/mol. The molecule has 1 aliphatic carbocycles. The molecule has 0 unspecified atom stereocenters. The smallest absolute Gasteiger partial charge is 0.0939 e. The first kappa shape index (κ1) is 15.1. The van der Waals surface area contributed by atoms with E-state index in [0.29, 0.717) is 16.6 Å². The van der Waals surface area contributed by atoms with Crippen LogP contribution < -0.4 is 0 Å². The van der Waals surface area contributed by atoms with Crippen molar-refractivity contribution < 1.29 is 4.74 Å². The second-order valence-electron chi connectivity index (χ2n) is 6.29. The Kier molecular flexibility index (Phi) is 3.40. The van der Waals surface area contributed by atoms with Crippen molar-refractivity contribution in [1.29, 1.82) is 0 Å². The second kappa shape index (κ2) is 5.65. The summed E-state index contributed by atoms with van der Waals surface area (Å²) in [6.07, 6.45) is 9.58. The number of allylic oxidation sites excluding steroid dienone is 4. The number of halogens is 2. The summed E-state index contributed by atoms with van der Waals surface area (Å²) in [6.45, 7) is 0.540. The first-order chi connectivity index (χ1) is 12.2. The summed E-state index contributed by atoms with van der Waals surface area (Å²) in [6, 6.07) is 7.87. The van der Waals surface area contributed by atoms with Crippen LogP contribution in [-0.4, -0.2) is 10.3 Å². The highest BCUT2D eigenvalue weighted by atomic mass is 35.5. The van der Waals surface area contributed by atoms with Crippen LogP contribution in [0.15, 0.2) is 70.8 Å². The van der Waals surface area contributed by atoms with Crippen LogP contribution in [0.3, 0.4) is 0 Å². The standard InChI is InChI=1S/C20H14Cl2N2O/c21-13-8-17(22)16-10-23-20(18-2-1-6-24(18)19(16)9-13)15-4-3-12-11-25-7-5-14(12)15/h1-2,5-9,11H,3-4,10H2. The van der Waals surface area contributed by atoms with Crippen LogP contribution >= 0.6 is 23.2 Å². The summed E-state index contributed by atoms with van der Waals surface area (Å²) in [7, 11) is 0. The van der Waals surface area contributed by atoms with Gasteiger partial charge in [0.2, 0.25) is 0 Å². The fourth-order valence-electron chi connectivity index (χ4n) is 3.76. The summed E-state index contributed by atoms with van der Waals surface area (Å²) in [5.74, 6) is 0. The maximum absolute atomic E-state index is 6.46. The van der Waals surface area contributed by atoms with E-state index < -0.39 is 0 Å². The fourth-order valence-corrected chi connectivity index (χ4v) is 4.30. The molecule has 124 valence electrons. The largest absolute Gasteiger partial charge is 0.472 e. The first-order valence-corrected chi connectivity index (χ1v) is 8.93. The van der Waals surface area contributed by atoms with Gasteiger partial charge in [0.25, 0.3) is 0 Å². The fraction of sp³-hybridized carbons (Fsp3) is 0.150. The quantitative estimate of drug-likeness (QED) is 0.642. The van der Waals surface area contributed by atoms with E-state index in [2.05, 4.69) is 10.6 Å². The highest BCUT2D eigenvalue weighted by Crippen LogP contribution is 2.39. The lowest BCUT2D eigenvalue weighted by Crippen LogP contribution is -2.10. The van der Waals surface area contributed by atoms with Gasteiger partial charge in [0, 0.05) is 21.8 Å². The van der Waals surface area contributed by atoms with Gasteiger partial charge >= 0.3 is 0 Å². The summed E-state index contributed by atoms with van der Waals surface area (Å²) >= 11 is 12.7. The molecule has 0 atom stereocenters. The maximum atomic E-state index is 6.46. The Bertz CT molecular complexity index is 1020. The molecule has 0 N–H and O–H groups in total. The monoisotopic (exact) mass is 368 g/mol. The van der Waals surface area contributed by atoms with Crippen molar-refractivity contribution in [2.24, 2.45) is 4.99 Å². The molecule has 1 aromatic carbocycles. The molecule has 3 aliphatic rings. The second-order valence-corrected chi connectivity index (χ2v) is 7.13. The Hall–Kier alpha value is -2.23. The Morgan fingerprint density at radius 1 is 1.16 bits per heavy atom. The normalized spacial score (nSPS) is 18.0. The Balaban J connectivity index is 1.73. The number of ether oxygens (including phenoxy) is 1. The molecule has 0 bridgehead atoms. The molecule has 1 aromatic heterocycles. The van der Waals surface area contributed by atoms with Crippen molar-refractivity contribution in [1.82, 2.24) is 4.57 Å². The van der Waals surface area contributed by atoms with Gasteiger partial charge in [0.05, 0.1) is 36.2 Å². The lowest BCUT2D eigenvalue weighted by atomic mass is 10.0. The summed E-state index contributed by atoms with van der Waals surface area (Å²) in [5.41, 5.74) is 7.83. The number of hydrogen-bond acceptors (Lipinski definition) is 2. The third kappa shape index (κ3) is 2.30. The molecule has 0 spiro atoms. The van der Waals surface area contributed by atoms with E-state index in [4.69, 9.17) is 32.9 Å². The molecule has 0 radical (unpaired) electrons. The average molecular weight is 369 g/mol. The van der Waals surface area contributed by atoms with Gasteiger partial charge in [-0.05, 0) is 59.9 Å². The Labute approximate surface area is 155 Å². The van der Waals surface area contributed by atoms with Gasteiger partial charge in [-0.25, -0.2) is 0 Å². The average Bonchev–Trinajstić information content (AvgIpc) is 3.21. The lowest BCUT2D eigenvalue weighted by molar-refractivity contribution is 0.393. The minimum Gasteiger partial charge on any atom is -0.472 e. The van der Waals surface area contributed by atoms with Gasteiger partial charge in [-0.2, -0.15) is 0 Å². The summed E-state index contributed by atoms with van der Waals surface area (Å²) < 4.78 is 7.46. The first-order valence-electron chi connectivity index (χ1n) is 8.18. The molecule has 0 saturated carbocycles. The van der Waals surface area contributed by atoms with E-state index in [9.17, 15) is 0 Å². The van der Waals surface area contributed by atoms with E-state index in [-0.39, 0.29) is 0 Å². The van der Waals surface area contributed by atoms with Crippen molar-refractivity contribution in [2.45, 2.75) is 19.4 Å². The molecule has 25 heavy (non-hydrogen) atoms. The van der Waals surface area contributed by atoms with Crippen LogP contribution in [0.4, 0.5) is 0 Å². The van der Waals surface area contributed by atoms with Crippen LogP contribution in [0.5, 0.6) is 0 Å². The molecule has 0 amide bonds. The van der Waals surface area contributed by atoms with Crippen LogP contribution in [0.25, 0.3) is 5.69 Å². The van der Waals surface area contributed by atoms with E-state index in [1.54, 1.807) is 12.3 Å². The SMILES string of the molecule is Clc1cc(Cl)c2c(c1)-n1cccc1C(C1=C3C=COC=C3CC1)=NC2. The molecule has 3 nitrogen and oxygen atoms in total. The van der Waals surface area contributed by atoms with E-state index in [0.717, 1.165) is 35.5 Å². The number of hydrogen-bond donors (Lipinski definition) is 0. The van der Waals surface area contributed by atoms with Crippen LogP contribution in [0.1, 0.15) is 24.1 Å². The zero-order chi connectivity index (χ0) is 17.0. The van der Waals surface area contributed by atoms with Crippen molar-refractivity contribution >= 4 is 28.9 Å². The van der Waals surface area contributed by atoms with E-state index >= 15 is 0 Å². The number of aromatic nitrogens is 1. The minimum absolute atomic E-state index is 0.540. The number of nitrogens with zero attached hydrogens (tertiary/aromatic N) is 2. The predicted octanol–water partition coefficient (Wildman–Crippen LogP) is 5.61. The van der Waals surface area contributed by atoms with Crippen molar-refractivity contribution in [2.75, 3.05) is 0 Å². The Morgan fingerprint density at radius 2 is 2.08 bits per heavy atom. The van der Waals surface area contributed by atoms with Crippen LogP contribution in [-0.2, 0) is 11.3 Å². The molecule has 5 rings (SSSR count). The van der Waals surface area contributed by atoms with Gasteiger partial charge < -0.3 is 9.30 Å². The third-order valence-corrected chi connectivity index (χ3v) is 5.46. The third-order valence-electron chi connectivity index (χ3n) is 4.91. The van der Waals surface area contributed by atoms with Crippen molar-refractivity contribution in [3.63, 3.8) is 0 Å². The number of fused-ring (bicyclic) bond motifs is 4. The molecule has 0 fully saturated rings. The van der Waals surface area contributed by atoms with Gasteiger partial charge in [-0.1, -0.05) is 23.2 Å². The zero-order valence-electron chi connectivity index (χ0n) is 13.3. The topological polar surface area (TPSA) is 26.5 Å². The molecule has 5 heteroatoms. The highest BCUT2D eigenvalue weighted by Gasteiger charge is 2.28. The van der Waals surface area contributed by atoms with Crippen molar-refractivity contribution in [3.8, 4) is 5.69 Å². The molecule has 0 saturated heterocycles. The van der Waals surface area contributed by atoms with Crippen LogP contribution in [0, 0.1) is 0 Å². The molecule has 2 aromatic rings. The minimum atomic E-state index is 0.540. The van der Waals surface area contributed by atoms with Gasteiger partial charge in [-0.15, -0.1) is 0 Å². The number of benzene rings is 1. The Morgan fingerprint density at radius 3 is 3.00 bits per heavy atom. The van der Waals surface area contributed by atoms with Gasteiger partial charge in [-0.3, -0.25) is 4.99 Å².